The summed E-state index contributed by atoms with van der Waals surface area (Å²) in [6.45, 7) is 6.48. The van der Waals surface area contributed by atoms with Crippen molar-refractivity contribution in [1.82, 2.24) is 37.5 Å². The molecule has 0 aliphatic heterocycles. The molecule has 0 aliphatic carbocycles. The molecule has 0 unspecified atom stereocenters. The molecule has 6 atom stereocenters. The van der Waals surface area contributed by atoms with Gasteiger partial charge in [-0.3, -0.25) is 44.8 Å². The molecule has 0 spiro atoms. The Morgan fingerprint density at radius 1 is 0.537 bits per heavy atom. The topological polar surface area (TPSA) is 352 Å². The first-order valence-corrected chi connectivity index (χ1v) is 23.8. The van der Waals surface area contributed by atoms with Gasteiger partial charge in [-0.2, -0.15) is 28.9 Å². The first kappa shape index (κ1) is 61.4. The number of benzene rings is 2. The van der Waals surface area contributed by atoms with E-state index in [2.05, 4.69) is 43.4 Å². The van der Waals surface area contributed by atoms with Crippen molar-refractivity contribution < 1.29 is 69.1 Å². The summed E-state index contributed by atoms with van der Waals surface area (Å²) in [7, 11) is 3.12. The SMILES string of the molecule is CN[C@@H](Cc1ccccc1)C(=O)C(=O)NN[C@@H](CCSC)C(=O)N[C@H](C(=O)C(=O)[O-])C(C)C.CN[C@@H](Cc1ccccc1)C(=O)C(=O)[O-].CSCC[C@H](N[NH3+])C(=O)N[C@H](C(=O)C(=O)[O-])C(C)C. The summed E-state index contributed by atoms with van der Waals surface area (Å²) in [4.78, 5) is 116. The van der Waals surface area contributed by atoms with E-state index in [4.69, 9.17) is 0 Å². The number of hydrogen-bond acceptors (Lipinski definition) is 19. The van der Waals surface area contributed by atoms with Gasteiger partial charge in [-0.05, 0) is 86.8 Å². The number of hydrogen-bond donors (Lipinski definition) is 8. The molecule has 2 aromatic carbocycles. The molecular formula is C44H64N8O13S2-2. The fourth-order valence-electron chi connectivity index (χ4n) is 5.76. The Bertz CT molecular complexity index is 1930. The molecule has 10 N–H and O–H groups in total. The van der Waals surface area contributed by atoms with Gasteiger partial charge in [0.1, 0.15) is 30.0 Å². The van der Waals surface area contributed by atoms with Crippen LogP contribution in [0.4, 0.5) is 0 Å². The van der Waals surface area contributed by atoms with Gasteiger partial charge < -0.3 is 51.0 Å². The van der Waals surface area contributed by atoms with Crippen LogP contribution in [0, 0.1) is 11.8 Å². The molecule has 0 bridgehead atoms. The van der Waals surface area contributed by atoms with Crippen molar-refractivity contribution in [1.29, 1.82) is 0 Å². The van der Waals surface area contributed by atoms with E-state index in [9.17, 15) is 63.3 Å². The predicted octanol–water partition coefficient (Wildman–Crippen LogP) is -4.96. The fraction of sp³-hybridized carbons (Fsp3) is 0.500. The van der Waals surface area contributed by atoms with E-state index in [1.54, 1.807) is 53.6 Å². The van der Waals surface area contributed by atoms with E-state index in [0.29, 0.717) is 25.0 Å². The molecule has 372 valence electrons. The largest absolute Gasteiger partial charge is 0.542 e. The van der Waals surface area contributed by atoms with Crippen LogP contribution < -0.4 is 58.7 Å². The zero-order valence-corrected chi connectivity index (χ0v) is 40.6. The van der Waals surface area contributed by atoms with Crippen LogP contribution >= 0.6 is 23.5 Å². The van der Waals surface area contributed by atoms with E-state index in [1.165, 1.54) is 11.8 Å². The molecule has 21 nitrogen and oxygen atoms in total. The van der Waals surface area contributed by atoms with Gasteiger partial charge in [-0.25, -0.2) is 5.43 Å². The summed E-state index contributed by atoms with van der Waals surface area (Å²) in [6.07, 6.45) is 5.20. The molecule has 2 aromatic rings. The summed E-state index contributed by atoms with van der Waals surface area (Å²) in [5.41, 5.74) is 9.19. The van der Waals surface area contributed by atoms with E-state index < -0.39 is 101 Å². The lowest BCUT2D eigenvalue weighted by Crippen LogP contribution is -2.72. The Balaban J connectivity index is 0.00000108. The van der Waals surface area contributed by atoms with E-state index in [0.717, 1.165) is 16.9 Å². The Morgan fingerprint density at radius 3 is 1.22 bits per heavy atom. The van der Waals surface area contributed by atoms with Gasteiger partial charge in [-0.15, -0.1) is 0 Å². The van der Waals surface area contributed by atoms with Gasteiger partial charge in [0.25, 0.3) is 0 Å². The quantitative estimate of drug-likeness (QED) is 0.0280. The molecule has 0 fully saturated rings. The summed E-state index contributed by atoms with van der Waals surface area (Å²) in [5, 5.41) is 42.2. The van der Waals surface area contributed by atoms with Gasteiger partial charge in [0.15, 0.2) is 5.78 Å². The minimum absolute atomic E-state index is 0.255. The van der Waals surface area contributed by atoms with E-state index in [1.807, 2.05) is 73.2 Å². The average molecular weight is 977 g/mol. The third kappa shape index (κ3) is 23.6. The molecule has 0 aliphatic rings. The van der Waals surface area contributed by atoms with Crippen molar-refractivity contribution in [3.63, 3.8) is 0 Å². The zero-order chi connectivity index (χ0) is 51.2. The first-order chi connectivity index (χ1) is 31.6. The van der Waals surface area contributed by atoms with Crippen molar-refractivity contribution in [2.75, 3.05) is 38.1 Å². The predicted molar refractivity (Wildman–Crippen MR) is 245 cm³/mol. The second-order valence-corrected chi connectivity index (χ2v) is 17.3. The molecule has 0 heterocycles. The number of thioether (sulfide) groups is 2. The summed E-state index contributed by atoms with van der Waals surface area (Å²) in [5.74, 6) is -7.45. The lowest BCUT2D eigenvalue weighted by Gasteiger charge is -2.25. The first-order valence-electron chi connectivity index (χ1n) is 21.0. The second kappa shape index (κ2) is 33.8. The van der Waals surface area contributed by atoms with Crippen molar-refractivity contribution >= 4 is 82.3 Å². The average Bonchev–Trinajstić information content (AvgIpc) is 3.30. The van der Waals surface area contributed by atoms with Crippen LogP contribution in [-0.4, -0.2) is 133 Å². The highest BCUT2D eigenvalue weighted by molar-refractivity contribution is 7.98. The van der Waals surface area contributed by atoms with E-state index in [-0.39, 0.29) is 12.3 Å². The molecule has 67 heavy (non-hydrogen) atoms. The number of ketones is 4. The zero-order valence-electron chi connectivity index (χ0n) is 39.0. The number of rotatable bonds is 29. The minimum Gasteiger partial charge on any atom is -0.542 e. The fourth-order valence-corrected chi connectivity index (χ4v) is 6.71. The highest BCUT2D eigenvalue weighted by Crippen LogP contribution is 2.09. The minimum atomic E-state index is -1.89. The number of quaternary nitrogens is 1. The maximum Gasteiger partial charge on any atom is 0.303 e. The molecule has 0 aromatic heterocycles. The number of Topliss-reactive ketones (excluding diaryl/α,β-unsaturated/α-hetero) is 4. The molecule has 0 saturated carbocycles. The van der Waals surface area contributed by atoms with Crippen LogP contribution in [0.1, 0.15) is 51.7 Å². The summed E-state index contributed by atoms with van der Waals surface area (Å²) in [6, 6.07) is 13.0. The van der Waals surface area contributed by atoms with E-state index >= 15 is 0 Å². The third-order valence-corrected chi connectivity index (χ3v) is 11.0. The number of carbonyl (C=O) groups is 10. The van der Waals surface area contributed by atoms with Crippen molar-refractivity contribution in [3.8, 4) is 0 Å². The smallest absolute Gasteiger partial charge is 0.303 e. The number of amides is 3. The monoisotopic (exact) mass is 976 g/mol. The number of carbonyl (C=O) groups excluding carboxylic acids is 10. The molecular weight excluding hydrogens is 913 g/mol. The molecule has 0 radical (unpaired) electrons. The van der Waals surface area contributed by atoms with Crippen molar-refractivity contribution in [2.45, 2.75) is 89.6 Å². The number of hydrazine groups is 1. The maximum atomic E-state index is 12.7. The van der Waals surface area contributed by atoms with Crippen molar-refractivity contribution in [3.05, 3.63) is 71.8 Å². The number of carboxylic acids is 3. The lowest BCUT2D eigenvalue weighted by atomic mass is 9.99. The Kier molecular flexibility index (Phi) is 31.0. The highest BCUT2D eigenvalue weighted by Gasteiger charge is 2.31. The highest BCUT2D eigenvalue weighted by atomic mass is 32.2. The van der Waals surface area contributed by atoms with Crippen LogP contribution in [0.15, 0.2) is 60.7 Å². The Hall–Kier alpha value is -5.56. The summed E-state index contributed by atoms with van der Waals surface area (Å²) >= 11 is 3.03. The van der Waals surface area contributed by atoms with Crippen LogP contribution in [0.3, 0.4) is 0 Å². The number of aliphatic carboxylic acids is 3. The van der Waals surface area contributed by atoms with Crippen LogP contribution in [-0.2, 0) is 60.8 Å². The van der Waals surface area contributed by atoms with Gasteiger partial charge in [-0.1, -0.05) is 88.4 Å². The molecule has 0 saturated heterocycles. The number of likely N-dealkylation sites (N-methyl/N-ethyl adjacent to an activating group) is 2. The second-order valence-electron chi connectivity index (χ2n) is 15.3. The maximum absolute atomic E-state index is 12.7. The van der Waals surface area contributed by atoms with Crippen LogP contribution in [0.5, 0.6) is 0 Å². The summed E-state index contributed by atoms with van der Waals surface area (Å²) < 4.78 is 0. The van der Waals surface area contributed by atoms with Crippen LogP contribution in [0.2, 0.25) is 0 Å². The van der Waals surface area contributed by atoms with Gasteiger partial charge in [0, 0.05) is 0 Å². The normalized spacial score (nSPS) is 13.4. The van der Waals surface area contributed by atoms with Gasteiger partial charge in [0.2, 0.25) is 29.2 Å². The standard InChI is InChI=1S/C22H32N4O6S.C11H21N3O4S.C11H13NO3/c1-13(2)17(19(28)22(31)32)24-20(29)15(10-11-33-4)25-26-21(30)18(27)16(23-3)12-14-8-6-5-7-9-14;1-6(2)8(9(15)11(17)18)13-10(16)7(14-12)4-5-19-3;1-12-9(10(13)11(14)15)7-8-5-3-2-4-6-8/h5-9,13,15-17,23,25H,10-12H2,1-4H3,(H,24,29)(H,26,30)(H,31,32);6-8,14H,4-5,12H2,1-3H3,(H,13,16)(H,17,18);2-6,9,12H,7H2,1H3,(H,14,15)/p-2/t15-,16-,17-;7-,8-;9-/m000/s1. The van der Waals surface area contributed by atoms with Gasteiger partial charge >= 0.3 is 5.91 Å². The van der Waals surface area contributed by atoms with Gasteiger partial charge in [0.05, 0.1) is 24.2 Å². The Morgan fingerprint density at radius 2 is 0.896 bits per heavy atom. The lowest BCUT2D eigenvalue weighted by molar-refractivity contribution is -0.448. The molecule has 23 heteroatoms. The molecule has 2 rings (SSSR count). The van der Waals surface area contributed by atoms with Crippen LogP contribution in [0.25, 0.3) is 0 Å². The Labute approximate surface area is 399 Å². The third-order valence-electron chi connectivity index (χ3n) is 9.68. The van der Waals surface area contributed by atoms with Crippen molar-refractivity contribution in [2.24, 2.45) is 11.8 Å². The molecule has 3 amide bonds. The number of carboxylic acid groups (broad SMARTS) is 3. The number of nitrogens with one attached hydrogen (secondary N) is 7.